The van der Waals surface area contributed by atoms with E-state index in [4.69, 9.17) is 0 Å². The van der Waals surface area contributed by atoms with E-state index >= 15 is 0 Å². The van der Waals surface area contributed by atoms with E-state index in [-0.39, 0.29) is 22.9 Å². The first-order valence-corrected chi connectivity index (χ1v) is 8.53. The van der Waals surface area contributed by atoms with E-state index in [2.05, 4.69) is 0 Å². The number of thioether (sulfide) groups is 1. The number of carboxylic acids is 1. The summed E-state index contributed by atoms with van der Waals surface area (Å²) in [6.07, 6.45) is 4.92. The molecule has 7 heteroatoms. The number of amides is 2. The molecule has 1 atom stereocenters. The molecule has 3 aliphatic heterocycles. The molecule has 116 valence electrons. The summed E-state index contributed by atoms with van der Waals surface area (Å²) in [5.74, 6) is -0.671. The largest absolute Gasteiger partial charge is 0.477 e. The number of allylic oxidation sites excluding steroid dienone is 1. The maximum absolute atomic E-state index is 12.4. The molecule has 2 amide bonds. The van der Waals surface area contributed by atoms with Crippen molar-refractivity contribution in [2.24, 2.45) is 0 Å². The number of rotatable bonds is 3. The smallest absolute Gasteiger partial charge is 0.352 e. The van der Waals surface area contributed by atoms with Crippen LogP contribution in [0.5, 0.6) is 0 Å². The molecule has 0 aromatic heterocycles. The van der Waals surface area contributed by atoms with Gasteiger partial charge >= 0.3 is 5.97 Å². The van der Waals surface area contributed by atoms with Crippen molar-refractivity contribution in [3.63, 3.8) is 0 Å². The minimum Gasteiger partial charge on any atom is -0.477 e. The van der Waals surface area contributed by atoms with Gasteiger partial charge < -0.3 is 10.0 Å². The Morgan fingerprint density at radius 3 is 2.73 bits per heavy atom. The van der Waals surface area contributed by atoms with Crippen molar-refractivity contribution in [3.05, 3.63) is 22.9 Å². The van der Waals surface area contributed by atoms with Crippen LogP contribution in [0.1, 0.15) is 25.7 Å². The Bertz CT molecular complexity index is 650. The van der Waals surface area contributed by atoms with Crippen molar-refractivity contribution in [2.45, 2.75) is 37.1 Å². The number of hydrogen-bond acceptors (Lipinski definition) is 4. The molecule has 1 saturated carbocycles. The molecular weight excluding hydrogens is 304 g/mol. The van der Waals surface area contributed by atoms with Crippen molar-refractivity contribution in [1.29, 1.82) is 0 Å². The predicted octanol–water partition coefficient (Wildman–Crippen LogP) is 0.951. The van der Waals surface area contributed by atoms with Gasteiger partial charge in [-0.05, 0) is 30.9 Å². The molecule has 6 nitrogen and oxygen atoms in total. The lowest BCUT2D eigenvalue weighted by molar-refractivity contribution is -0.146. The van der Waals surface area contributed by atoms with Crippen LogP contribution in [0.4, 0.5) is 0 Å². The van der Waals surface area contributed by atoms with Gasteiger partial charge in [-0.1, -0.05) is 0 Å². The Kier molecular flexibility index (Phi) is 3.07. The summed E-state index contributed by atoms with van der Waals surface area (Å²) in [6.45, 7) is 0.726. The van der Waals surface area contributed by atoms with E-state index in [1.54, 1.807) is 17.8 Å². The van der Waals surface area contributed by atoms with Crippen LogP contribution in [0.15, 0.2) is 22.9 Å². The molecule has 0 aromatic carbocycles. The molecule has 2 saturated heterocycles. The van der Waals surface area contributed by atoms with Crippen molar-refractivity contribution < 1.29 is 19.5 Å². The molecule has 3 fully saturated rings. The number of aliphatic carboxylic acids is 1. The third kappa shape index (κ3) is 2.06. The summed E-state index contributed by atoms with van der Waals surface area (Å²) >= 11 is 1.56. The van der Waals surface area contributed by atoms with Gasteiger partial charge in [0, 0.05) is 23.9 Å². The van der Waals surface area contributed by atoms with Gasteiger partial charge in [-0.3, -0.25) is 14.5 Å². The molecule has 3 heterocycles. The van der Waals surface area contributed by atoms with Crippen molar-refractivity contribution in [1.82, 2.24) is 9.80 Å². The Morgan fingerprint density at radius 2 is 2.09 bits per heavy atom. The normalized spacial score (nSPS) is 30.0. The Balaban J connectivity index is 1.66. The molecule has 1 N–H and O–H groups in total. The molecule has 4 rings (SSSR count). The number of carbonyl (C=O) groups excluding carboxylic acids is 2. The number of β-lactam (4-membered cyclic amide) rings is 1. The third-order valence-electron chi connectivity index (χ3n) is 4.58. The number of fused-ring (bicyclic) bond motifs is 1. The van der Waals surface area contributed by atoms with Crippen LogP contribution in [0.2, 0.25) is 0 Å². The third-order valence-corrected chi connectivity index (χ3v) is 5.82. The molecule has 1 aliphatic carbocycles. The number of likely N-dealkylation sites (tertiary alicyclic amines) is 1. The fourth-order valence-corrected chi connectivity index (χ4v) is 4.49. The second-order valence-corrected chi connectivity index (χ2v) is 7.23. The van der Waals surface area contributed by atoms with Gasteiger partial charge in [0.05, 0.1) is 11.8 Å². The van der Waals surface area contributed by atoms with Gasteiger partial charge in [-0.25, -0.2) is 4.79 Å². The Labute approximate surface area is 131 Å². The van der Waals surface area contributed by atoms with E-state index < -0.39 is 5.97 Å². The summed E-state index contributed by atoms with van der Waals surface area (Å²) in [6, 6.07) is 0.383. The van der Waals surface area contributed by atoms with Crippen LogP contribution in [0, 0.1) is 0 Å². The van der Waals surface area contributed by atoms with Crippen LogP contribution >= 0.6 is 11.8 Å². The maximum atomic E-state index is 12.4. The quantitative estimate of drug-likeness (QED) is 0.619. The molecule has 22 heavy (non-hydrogen) atoms. The zero-order chi connectivity index (χ0) is 15.4. The average Bonchev–Trinajstić information content (AvgIpc) is 3.24. The molecule has 0 radical (unpaired) electrons. The van der Waals surface area contributed by atoms with Gasteiger partial charge in [0.25, 0.3) is 0 Å². The van der Waals surface area contributed by atoms with Gasteiger partial charge in [-0.2, -0.15) is 0 Å². The molecule has 0 bridgehead atoms. The van der Waals surface area contributed by atoms with Crippen molar-refractivity contribution in [3.8, 4) is 0 Å². The lowest BCUT2D eigenvalue weighted by atomic mass is 10.0. The topological polar surface area (TPSA) is 77.9 Å². The highest BCUT2D eigenvalue weighted by atomic mass is 32.2. The number of hydrogen-bond donors (Lipinski definition) is 1. The first kappa shape index (κ1) is 13.9. The summed E-state index contributed by atoms with van der Waals surface area (Å²) in [7, 11) is 0. The lowest BCUT2D eigenvalue weighted by Gasteiger charge is -2.43. The Morgan fingerprint density at radius 1 is 1.32 bits per heavy atom. The highest BCUT2D eigenvalue weighted by Crippen LogP contribution is 2.41. The van der Waals surface area contributed by atoms with Gasteiger partial charge in [0.15, 0.2) is 0 Å². The lowest BCUT2D eigenvalue weighted by Crippen LogP contribution is -2.53. The average molecular weight is 320 g/mol. The Hall–Kier alpha value is -1.76. The maximum Gasteiger partial charge on any atom is 0.352 e. The summed E-state index contributed by atoms with van der Waals surface area (Å²) in [5.41, 5.74) is 1.32. The molecule has 0 spiro atoms. The van der Waals surface area contributed by atoms with E-state index in [0.717, 1.165) is 19.4 Å². The molecular formula is C15H16N2O4S. The summed E-state index contributed by atoms with van der Waals surface area (Å²) < 4.78 is 0. The van der Waals surface area contributed by atoms with Gasteiger partial charge in [-0.15, -0.1) is 11.8 Å². The molecule has 4 aliphatic rings. The zero-order valence-corrected chi connectivity index (χ0v) is 12.8. The summed E-state index contributed by atoms with van der Waals surface area (Å²) in [4.78, 5) is 38.9. The van der Waals surface area contributed by atoms with E-state index in [0.29, 0.717) is 35.8 Å². The van der Waals surface area contributed by atoms with Crippen molar-refractivity contribution >= 4 is 29.5 Å². The van der Waals surface area contributed by atoms with Crippen LogP contribution < -0.4 is 0 Å². The highest BCUT2D eigenvalue weighted by molar-refractivity contribution is 8.00. The summed E-state index contributed by atoms with van der Waals surface area (Å²) in [5, 5.41) is 9.40. The highest BCUT2D eigenvalue weighted by Gasteiger charge is 2.45. The monoisotopic (exact) mass is 320 g/mol. The van der Waals surface area contributed by atoms with E-state index in [1.807, 2.05) is 4.90 Å². The number of carbonyl (C=O) groups is 3. The number of nitrogens with zero attached hydrogens (tertiary/aromatic N) is 2. The van der Waals surface area contributed by atoms with Crippen LogP contribution in [-0.2, 0) is 14.4 Å². The first-order valence-electron chi connectivity index (χ1n) is 7.48. The fourth-order valence-electron chi connectivity index (χ4n) is 3.26. The van der Waals surface area contributed by atoms with E-state index in [1.165, 1.54) is 4.90 Å². The second kappa shape index (κ2) is 4.87. The van der Waals surface area contributed by atoms with Crippen LogP contribution in [0.3, 0.4) is 0 Å². The zero-order valence-electron chi connectivity index (χ0n) is 11.9. The van der Waals surface area contributed by atoms with Gasteiger partial charge in [0.2, 0.25) is 11.8 Å². The van der Waals surface area contributed by atoms with Gasteiger partial charge in [0.1, 0.15) is 5.70 Å². The first-order chi connectivity index (χ1) is 10.6. The fraction of sp³-hybridized carbons (Fsp3) is 0.533. The SMILES string of the molecule is O=C(O)C1=C(C=C2CCN(C3CC3)C2=O)CSC2CC(=O)N12. The molecule has 1 unspecified atom stereocenters. The molecule has 0 aromatic rings. The van der Waals surface area contributed by atoms with Crippen LogP contribution in [0.25, 0.3) is 0 Å². The minimum absolute atomic E-state index is 0.0294. The minimum atomic E-state index is -1.09. The second-order valence-electron chi connectivity index (χ2n) is 6.06. The standard InChI is InChI=1S/C15H16N2O4S/c18-11-6-12-17(11)13(15(20)21)9(7-22-12)5-8-3-4-16(14(8)19)10-1-2-10/h5,10,12H,1-4,6-7H2,(H,20,21). The van der Waals surface area contributed by atoms with Crippen LogP contribution in [-0.4, -0.2) is 56.4 Å². The predicted molar refractivity (Wildman–Crippen MR) is 79.8 cm³/mol. The van der Waals surface area contributed by atoms with E-state index in [9.17, 15) is 19.5 Å². The van der Waals surface area contributed by atoms with Crippen molar-refractivity contribution in [2.75, 3.05) is 12.3 Å². The number of carboxylic acid groups (broad SMARTS) is 1.